The molecule has 24 heavy (non-hydrogen) atoms. The molecule has 0 aliphatic carbocycles. The van der Waals surface area contributed by atoms with Crippen LogP contribution in [0.3, 0.4) is 0 Å². The molecule has 1 aromatic heterocycles. The van der Waals surface area contributed by atoms with E-state index in [0.717, 1.165) is 0 Å². The van der Waals surface area contributed by atoms with E-state index in [2.05, 4.69) is 15.3 Å². The van der Waals surface area contributed by atoms with E-state index >= 15 is 0 Å². The van der Waals surface area contributed by atoms with E-state index in [4.69, 9.17) is 0 Å². The SMILES string of the molecule is O=C(C=Cc1ncc[nH]1)c1cccc(NC(=O)c2ccccc2)c1. The van der Waals surface area contributed by atoms with Crippen molar-refractivity contribution in [2.75, 3.05) is 5.32 Å². The Balaban J connectivity index is 1.72. The van der Waals surface area contributed by atoms with Crippen LogP contribution in [0.5, 0.6) is 0 Å². The van der Waals surface area contributed by atoms with Crippen molar-refractivity contribution >= 4 is 23.5 Å². The molecule has 0 unspecified atom stereocenters. The molecule has 0 spiro atoms. The van der Waals surface area contributed by atoms with Crippen LogP contribution in [0, 0.1) is 0 Å². The standard InChI is InChI=1S/C19H15N3O2/c23-17(9-10-18-20-11-12-21-18)15-7-4-8-16(13-15)22-19(24)14-5-2-1-3-6-14/h1-13H,(H,20,21)(H,22,24). The maximum atomic E-state index is 12.2. The van der Waals surface area contributed by atoms with Crippen LogP contribution >= 0.6 is 0 Å². The van der Waals surface area contributed by atoms with Gasteiger partial charge in [0.2, 0.25) is 0 Å². The Labute approximate surface area is 139 Å². The number of anilines is 1. The number of amides is 1. The number of carbonyl (C=O) groups is 2. The summed E-state index contributed by atoms with van der Waals surface area (Å²) in [5, 5.41) is 2.79. The van der Waals surface area contributed by atoms with Crippen molar-refractivity contribution in [2.45, 2.75) is 0 Å². The van der Waals surface area contributed by atoms with E-state index in [0.29, 0.717) is 22.6 Å². The number of H-pyrrole nitrogens is 1. The van der Waals surface area contributed by atoms with E-state index in [1.807, 2.05) is 6.07 Å². The zero-order valence-corrected chi connectivity index (χ0v) is 12.8. The van der Waals surface area contributed by atoms with Gasteiger partial charge < -0.3 is 10.3 Å². The first kappa shape index (κ1) is 15.4. The molecule has 5 heteroatoms. The van der Waals surface area contributed by atoms with Gasteiger partial charge in [0.15, 0.2) is 5.78 Å². The van der Waals surface area contributed by atoms with Crippen molar-refractivity contribution in [2.24, 2.45) is 0 Å². The van der Waals surface area contributed by atoms with Gasteiger partial charge in [-0.25, -0.2) is 4.98 Å². The lowest BCUT2D eigenvalue weighted by atomic mass is 10.1. The molecule has 5 nitrogen and oxygen atoms in total. The van der Waals surface area contributed by atoms with Crippen molar-refractivity contribution in [3.05, 3.63) is 90.0 Å². The van der Waals surface area contributed by atoms with E-state index in [1.54, 1.807) is 67.0 Å². The summed E-state index contributed by atoms with van der Waals surface area (Å²) in [6.07, 6.45) is 6.35. The molecule has 1 heterocycles. The quantitative estimate of drug-likeness (QED) is 0.558. The van der Waals surface area contributed by atoms with Crippen molar-refractivity contribution in [1.29, 1.82) is 0 Å². The highest BCUT2D eigenvalue weighted by molar-refractivity contribution is 6.08. The lowest BCUT2D eigenvalue weighted by molar-refractivity contribution is 0.102. The number of benzene rings is 2. The van der Waals surface area contributed by atoms with Gasteiger partial charge in [0.25, 0.3) is 5.91 Å². The van der Waals surface area contributed by atoms with E-state index in [-0.39, 0.29) is 11.7 Å². The van der Waals surface area contributed by atoms with Crippen molar-refractivity contribution in [1.82, 2.24) is 9.97 Å². The van der Waals surface area contributed by atoms with Crippen LogP contribution in [0.25, 0.3) is 6.08 Å². The summed E-state index contributed by atoms with van der Waals surface area (Å²) in [6, 6.07) is 15.7. The molecule has 0 aliphatic heterocycles. The van der Waals surface area contributed by atoms with Gasteiger partial charge in [0.1, 0.15) is 5.82 Å². The van der Waals surface area contributed by atoms with Crippen LogP contribution in [0.15, 0.2) is 73.1 Å². The van der Waals surface area contributed by atoms with Gasteiger partial charge in [-0.3, -0.25) is 9.59 Å². The van der Waals surface area contributed by atoms with Crippen LogP contribution in [-0.2, 0) is 0 Å². The van der Waals surface area contributed by atoms with Crippen LogP contribution < -0.4 is 5.32 Å². The molecule has 0 saturated heterocycles. The second kappa shape index (κ2) is 7.19. The van der Waals surface area contributed by atoms with E-state index < -0.39 is 0 Å². The Morgan fingerprint density at radius 3 is 2.54 bits per heavy atom. The van der Waals surface area contributed by atoms with Crippen LogP contribution in [-0.4, -0.2) is 21.7 Å². The molecule has 2 N–H and O–H groups in total. The van der Waals surface area contributed by atoms with Gasteiger partial charge in [-0.2, -0.15) is 0 Å². The maximum absolute atomic E-state index is 12.2. The molecular weight excluding hydrogens is 302 g/mol. The molecule has 2 aromatic carbocycles. The Bertz CT molecular complexity index is 869. The maximum Gasteiger partial charge on any atom is 0.255 e. The van der Waals surface area contributed by atoms with Gasteiger partial charge in [-0.05, 0) is 36.4 Å². The summed E-state index contributed by atoms with van der Waals surface area (Å²) in [5.41, 5.74) is 1.62. The predicted octanol–water partition coefficient (Wildman–Crippen LogP) is 3.56. The second-order valence-corrected chi connectivity index (χ2v) is 5.07. The van der Waals surface area contributed by atoms with Crippen molar-refractivity contribution in [3.8, 4) is 0 Å². The predicted molar refractivity (Wildman–Crippen MR) is 92.8 cm³/mol. The zero-order valence-electron chi connectivity index (χ0n) is 12.8. The number of hydrogen-bond donors (Lipinski definition) is 2. The molecular formula is C19H15N3O2. The topological polar surface area (TPSA) is 74.8 Å². The lowest BCUT2D eigenvalue weighted by Crippen LogP contribution is -2.12. The third-order valence-corrected chi connectivity index (χ3v) is 3.35. The first-order chi connectivity index (χ1) is 11.7. The highest BCUT2D eigenvalue weighted by atomic mass is 16.1. The Morgan fingerprint density at radius 2 is 1.79 bits per heavy atom. The normalized spacial score (nSPS) is 10.7. The summed E-state index contributed by atoms with van der Waals surface area (Å²) >= 11 is 0. The molecule has 3 aromatic rings. The van der Waals surface area contributed by atoms with Crippen molar-refractivity contribution in [3.63, 3.8) is 0 Å². The molecule has 118 valence electrons. The van der Waals surface area contributed by atoms with Crippen LogP contribution in [0.2, 0.25) is 0 Å². The molecule has 0 atom stereocenters. The Hall–Kier alpha value is -3.47. The summed E-state index contributed by atoms with van der Waals surface area (Å²) < 4.78 is 0. The number of imidazole rings is 1. The highest BCUT2D eigenvalue weighted by Gasteiger charge is 2.07. The molecule has 1 amide bonds. The average Bonchev–Trinajstić information content (AvgIpc) is 3.14. The summed E-state index contributed by atoms with van der Waals surface area (Å²) in [6.45, 7) is 0. The minimum atomic E-state index is -0.216. The van der Waals surface area contributed by atoms with Gasteiger partial charge in [0.05, 0.1) is 0 Å². The lowest BCUT2D eigenvalue weighted by Gasteiger charge is -2.06. The molecule has 0 fully saturated rings. The number of hydrogen-bond acceptors (Lipinski definition) is 3. The highest BCUT2D eigenvalue weighted by Crippen LogP contribution is 2.13. The van der Waals surface area contributed by atoms with Crippen molar-refractivity contribution < 1.29 is 9.59 Å². The largest absolute Gasteiger partial charge is 0.345 e. The first-order valence-corrected chi connectivity index (χ1v) is 7.40. The fourth-order valence-corrected chi connectivity index (χ4v) is 2.16. The first-order valence-electron chi connectivity index (χ1n) is 7.40. The number of allylic oxidation sites excluding steroid dienone is 1. The third-order valence-electron chi connectivity index (χ3n) is 3.35. The number of nitrogens with zero attached hydrogens (tertiary/aromatic N) is 1. The van der Waals surface area contributed by atoms with Gasteiger partial charge in [-0.15, -0.1) is 0 Å². The van der Waals surface area contributed by atoms with Gasteiger partial charge >= 0.3 is 0 Å². The fraction of sp³-hybridized carbons (Fsp3) is 0. The molecule has 3 rings (SSSR count). The molecule has 0 bridgehead atoms. The van der Waals surface area contributed by atoms with Gasteiger partial charge in [-0.1, -0.05) is 30.3 Å². The number of carbonyl (C=O) groups excluding carboxylic acids is 2. The Morgan fingerprint density at radius 1 is 1.00 bits per heavy atom. The molecule has 0 aliphatic rings. The van der Waals surface area contributed by atoms with Crippen LogP contribution in [0.1, 0.15) is 26.5 Å². The number of nitrogens with one attached hydrogen (secondary N) is 2. The summed E-state index contributed by atoms with van der Waals surface area (Å²) in [7, 11) is 0. The summed E-state index contributed by atoms with van der Waals surface area (Å²) in [5.74, 6) is 0.227. The Kier molecular flexibility index (Phi) is 4.62. The fourth-order valence-electron chi connectivity index (χ4n) is 2.16. The minimum Gasteiger partial charge on any atom is -0.345 e. The third kappa shape index (κ3) is 3.84. The average molecular weight is 317 g/mol. The number of aromatic amines is 1. The molecule has 0 radical (unpaired) electrons. The van der Waals surface area contributed by atoms with Gasteiger partial charge in [0, 0.05) is 29.2 Å². The summed E-state index contributed by atoms with van der Waals surface area (Å²) in [4.78, 5) is 31.3. The number of ketones is 1. The van der Waals surface area contributed by atoms with E-state index in [1.165, 1.54) is 6.08 Å². The zero-order chi connectivity index (χ0) is 16.8. The minimum absolute atomic E-state index is 0.165. The van der Waals surface area contributed by atoms with E-state index in [9.17, 15) is 9.59 Å². The van der Waals surface area contributed by atoms with Crippen LogP contribution in [0.4, 0.5) is 5.69 Å². The monoisotopic (exact) mass is 317 g/mol. The molecule has 0 saturated carbocycles. The number of aromatic nitrogens is 2. The second-order valence-electron chi connectivity index (χ2n) is 5.07. The smallest absolute Gasteiger partial charge is 0.255 e. The number of rotatable bonds is 5.